The van der Waals surface area contributed by atoms with Crippen molar-refractivity contribution in [3.05, 3.63) is 0 Å². The second-order valence-electron chi connectivity index (χ2n) is 3.87. The van der Waals surface area contributed by atoms with Gasteiger partial charge in [0.1, 0.15) is 0 Å². The van der Waals surface area contributed by atoms with Crippen LogP contribution >= 0.6 is 0 Å². The lowest BCUT2D eigenvalue weighted by atomic mass is 10.1. The lowest BCUT2D eigenvalue weighted by Crippen LogP contribution is -2.39. The lowest BCUT2D eigenvalue weighted by molar-refractivity contribution is 0.0676. The third-order valence-electron chi connectivity index (χ3n) is 2.24. The van der Waals surface area contributed by atoms with Crippen LogP contribution in [0.3, 0.4) is 0 Å². The fourth-order valence-corrected chi connectivity index (χ4v) is 1.23. The second kappa shape index (κ2) is 10.4. The van der Waals surface area contributed by atoms with Gasteiger partial charge in [-0.15, -0.1) is 0 Å². The van der Waals surface area contributed by atoms with Gasteiger partial charge in [-0.3, -0.25) is 0 Å². The molecule has 0 spiro atoms. The van der Waals surface area contributed by atoms with Gasteiger partial charge in [0.25, 0.3) is 0 Å². The Labute approximate surface area is 93.3 Å². The van der Waals surface area contributed by atoms with Crippen molar-refractivity contribution in [2.45, 2.75) is 19.9 Å². The van der Waals surface area contributed by atoms with Crippen molar-refractivity contribution in [2.24, 2.45) is 5.92 Å². The van der Waals surface area contributed by atoms with Crippen LogP contribution in [-0.2, 0) is 14.2 Å². The van der Waals surface area contributed by atoms with E-state index >= 15 is 0 Å². The van der Waals surface area contributed by atoms with Crippen molar-refractivity contribution in [2.75, 3.05) is 47.2 Å². The monoisotopic (exact) mass is 219 g/mol. The van der Waals surface area contributed by atoms with Gasteiger partial charge in [-0.1, -0.05) is 13.8 Å². The van der Waals surface area contributed by atoms with Crippen LogP contribution in [0.2, 0.25) is 0 Å². The van der Waals surface area contributed by atoms with Crippen LogP contribution in [0.1, 0.15) is 13.8 Å². The molecule has 0 aliphatic carbocycles. The number of methoxy groups -OCH3 is 2. The molecule has 0 heterocycles. The first-order valence-corrected chi connectivity index (χ1v) is 5.51. The fourth-order valence-electron chi connectivity index (χ4n) is 1.23. The Morgan fingerprint density at radius 1 is 1.00 bits per heavy atom. The van der Waals surface area contributed by atoms with Crippen LogP contribution in [0, 0.1) is 5.92 Å². The minimum absolute atomic E-state index is 0.404. The van der Waals surface area contributed by atoms with Crippen molar-refractivity contribution in [1.82, 2.24) is 5.32 Å². The number of nitrogens with one attached hydrogen (secondary N) is 1. The highest BCUT2D eigenvalue weighted by Gasteiger charge is 2.11. The molecule has 0 amide bonds. The molecule has 0 saturated carbocycles. The largest absolute Gasteiger partial charge is 0.383 e. The van der Waals surface area contributed by atoms with E-state index in [1.54, 1.807) is 14.2 Å². The maximum atomic E-state index is 5.35. The van der Waals surface area contributed by atoms with Crippen molar-refractivity contribution in [1.29, 1.82) is 0 Å². The van der Waals surface area contributed by atoms with Gasteiger partial charge in [-0.2, -0.15) is 0 Å². The van der Waals surface area contributed by atoms with Gasteiger partial charge in [-0.05, 0) is 5.92 Å². The third kappa shape index (κ3) is 8.81. The van der Waals surface area contributed by atoms with Crippen LogP contribution < -0.4 is 5.32 Å². The van der Waals surface area contributed by atoms with E-state index in [0.717, 1.165) is 19.8 Å². The lowest BCUT2D eigenvalue weighted by Gasteiger charge is -2.21. The molecule has 0 rings (SSSR count). The van der Waals surface area contributed by atoms with E-state index in [1.807, 2.05) is 0 Å². The van der Waals surface area contributed by atoms with Crippen LogP contribution in [-0.4, -0.2) is 53.2 Å². The zero-order valence-corrected chi connectivity index (χ0v) is 10.4. The van der Waals surface area contributed by atoms with Gasteiger partial charge in [0.2, 0.25) is 0 Å². The van der Waals surface area contributed by atoms with E-state index in [1.165, 1.54) is 0 Å². The summed E-state index contributed by atoms with van der Waals surface area (Å²) in [4.78, 5) is 0. The first-order valence-electron chi connectivity index (χ1n) is 5.51. The van der Waals surface area contributed by atoms with Gasteiger partial charge < -0.3 is 19.5 Å². The maximum absolute atomic E-state index is 5.35. The Hall–Kier alpha value is -0.160. The molecule has 0 aliphatic heterocycles. The second-order valence-corrected chi connectivity index (χ2v) is 3.87. The molecule has 1 atom stereocenters. The van der Waals surface area contributed by atoms with Gasteiger partial charge in [0.15, 0.2) is 0 Å². The topological polar surface area (TPSA) is 39.7 Å². The summed E-state index contributed by atoms with van der Waals surface area (Å²) in [7, 11) is 3.40. The minimum Gasteiger partial charge on any atom is -0.383 e. The summed E-state index contributed by atoms with van der Waals surface area (Å²) >= 11 is 0. The molecular weight excluding hydrogens is 194 g/mol. The van der Waals surface area contributed by atoms with Crippen LogP contribution in [0.5, 0.6) is 0 Å². The van der Waals surface area contributed by atoms with Crippen LogP contribution in [0.25, 0.3) is 0 Å². The predicted molar refractivity (Wildman–Crippen MR) is 61.2 cm³/mol. The number of rotatable bonds is 10. The minimum atomic E-state index is 0.404. The molecule has 92 valence electrons. The Balaban J connectivity index is 3.37. The summed E-state index contributed by atoms with van der Waals surface area (Å²) in [6.07, 6.45) is 0. The van der Waals surface area contributed by atoms with Crippen molar-refractivity contribution < 1.29 is 14.2 Å². The molecule has 0 aromatic rings. The van der Waals surface area contributed by atoms with Crippen molar-refractivity contribution >= 4 is 0 Å². The predicted octanol–water partition coefficient (Wildman–Crippen LogP) is 0.910. The molecular formula is C11H25NO3. The zero-order valence-electron chi connectivity index (χ0n) is 10.4. The quantitative estimate of drug-likeness (QED) is 0.554. The first-order chi connectivity index (χ1) is 7.22. The van der Waals surface area contributed by atoms with Crippen LogP contribution in [0.15, 0.2) is 0 Å². The number of ether oxygens (including phenoxy) is 3. The molecule has 4 heteroatoms. The summed E-state index contributed by atoms with van der Waals surface area (Å²) in [5.41, 5.74) is 0. The van der Waals surface area contributed by atoms with Crippen molar-refractivity contribution in [3.8, 4) is 0 Å². The Kier molecular flexibility index (Phi) is 10.3. The van der Waals surface area contributed by atoms with E-state index in [0.29, 0.717) is 25.2 Å². The molecule has 4 nitrogen and oxygen atoms in total. The van der Waals surface area contributed by atoms with E-state index in [2.05, 4.69) is 19.2 Å². The third-order valence-corrected chi connectivity index (χ3v) is 2.24. The molecule has 0 bridgehead atoms. The maximum Gasteiger partial charge on any atom is 0.0700 e. The molecule has 0 saturated heterocycles. The SMILES string of the molecule is COCCOCCNC(COC)C(C)C. The van der Waals surface area contributed by atoms with Gasteiger partial charge >= 0.3 is 0 Å². The van der Waals surface area contributed by atoms with Crippen molar-refractivity contribution in [3.63, 3.8) is 0 Å². The van der Waals surface area contributed by atoms with E-state index < -0.39 is 0 Å². The van der Waals surface area contributed by atoms with E-state index in [9.17, 15) is 0 Å². The van der Waals surface area contributed by atoms with E-state index in [-0.39, 0.29) is 0 Å². The molecule has 0 aromatic carbocycles. The summed E-state index contributed by atoms with van der Waals surface area (Å²) in [5.74, 6) is 0.573. The number of hydrogen-bond donors (Lipinski definition) is 1. The molecule has 0 fully saturated rings. The fraction of sp³-hybridized carbons (Fsp3) is 1.00. The standard InChI is InChI=1S/C11H25NO3/c1-10(2)11(9-14-4)12-5-6-15-8-7-13-3/h10-12H,5-9H2,1-4H3. The molecule has 15 heavy (non-hydrogen) atoms. The highest BCUT2D eigenvalue weighted by Crippen LogP contribution is 2.00. The Morgan fingerprint density at radius 2 is 1.73 bits per heavy atom. The first kappa shape index (κ1) is 14.8. The zero-order chi connectivity index (χ0) is 11.5. The number of hydrogen-bond acceptors (Lipinski definition) is 4. The van der Waals surface area contributed by atoms with Gasteiger partial charge in [0, 0.05) is 26.8 Å². The highest BCUT2D eigenvalue weighted by molar-refractivity contribution is 4.69. The summed E-state index contributed by atoms with van der Waals surface area (Å²) in [6, 6.07) is 0.404. The normalized spacial score (nSPS) is 13.4. The average molecular weight is 219 g/mol. The van der Waals surface area contributed by atoms with Gasteiger partial charge in [0.05, 0.1) is 26.4 Å². The van der Waals surface area contributed by atoms with Gasteiger partial charge in [-0.25, -0.2) is 0 Å². The Morgan fingerprint density at radius 3 is 2.27 bits per heavy atom. The molecule has 0 aliphatic rings. The smallest absolute Gasteiger partial charge is 0.0700 e. The molecule has 0 radical (unpaired) electrons. The Bertz CT molecular complexity index is 131. The molecule has 1 N–H and O–H groups in total. The summed E-state index contributed by atoms with van der Waals surface area (Å²) in [6.45, 7) is 8.01. The summed E-state index contributed by atoms with van der Waals surface area (Å²) in [5, 5.41) is 3.41. The highest BCUT2D eigenvalue weighted by atomic mass is 16.5. The molecule has 1 unspecified atom stereocenters. The average Bonchev–Trinajstić information content (AvgIpc) is 2.21. The van der Waals surface area contributed by atoms with Crippen LogP contribution in [0.4, 0.5) is 0 Å². The van der Waals surface area contributed by atoms with E-state index in [4.69, 9.17) is 14.2 Å². The summed E-state index contributed by atoms with van der Waals surface area (Å²) < 4.78 is 15.4. The molecule has 0 aromatic heterocycles.